The zero-order valence-corrected chi connectivity index (χ0v) is 11.4. The van der Waals surface area contributed by atoms with Crippen LogP contribution in [-0.4, -0.2) is 39.9 Å². The summed E-state index contributed by atoms with van der Waals surface area (Å²) < 4.78 is 5.21. The SMILES string of the molecule is CCN(CC(COC)NC)c1cccc(C)c1. The fourth-order valence-electron chi connectivity index (χ4n) is 1.94. The molecule has 1 aromatic rings. The molecule has 1 atom stereocenters. The van der Waals surface area contributed by atoms with Gasteiger partial charge in [-0.05, 0) is 38.6 Å². The number of hydrogen-bond acceptors (Lipinski definition) is 3. The van der Waals surface area contributed by atoms with E-state index < -0.39 is 0 Å². The van der Waals surface area contributed by atoms with Gasteiger partial charge >= 0.3 is 0 Å². The Balaban J connectivity index is 2.70. The normalized spacial score (nSPS) is 12.5. The molecule has 3 heteroatoms. The van der Waals surface area contributed by atoms with E-state index in [0.717, 1.165) is 19.7 Å². The van der Waals surface area contributed by atoms with Crippen LogP contribution in [0.2, 0.25) is 0 Å². The Bertz CT molecular complexity index is 328. The molecule has 0 aliphatic carbocycles. The zero-order chi connectivity index (χ0) is 12.7. The smallest absolute Gasteiger partial charge is 0.0633 e. The van der Waals surface area contributed by atoms with Crippen molar-refractivity contribution in [3.63, 3.8) is 0 Å². The van der Waals surface area contributed by atoms with Crippen LogP contribution in [0.1, 0.15) is 12.5 Å². The summed E-state index contributed by atoms with van der Waals surface area (Å²) in [4.78, 5) is 2.37. The van der Waals surface area contributed by atoms with Crippen molar-refractivity contribution in [3.05, 3.63) is 29.8 Å². The number of benzene rings is 1. The molecule has 0 spiro atoms. The lowest BCUT2D eigenvalue weighted by molar-refractivity contribution is 0.171. The van der Waals surface area contributed by atoms with Gasteiger partial charge in [-0.25, -0.2) is 0 Å². The number of ether oxygens (including phenoxy) is 1. The van der Waals surface area contributed by atoms with Gasteiger partial charge < -0.3 is 15.0 Å². The number of methoxy groups -OCH3 is 1. The second-order valence-electron chi connectivity index (χ2n) is 4.32. The van der Waals surface area contributed by atoms with E-state index in [9.17, 15) is 0 Å². The van der Waals surface area contributed by atoms with Gasteiger partial charge in [0.2, 0.25) is 0 Å². The van der Waals surface area contributed by atoms with E-state index in [4.69, 9.17) is 4.74 Å². The van der Waals surface area contributed by atoms with E-state index in [1.165, 1.54) is 11.3 Å². The first-order valence-corrected chi connectivity index (χ1v) is 6.19. The van der Waals surface area contributed by atoms with Gasteiger partial charge in [0.15, 0.2) is 0 Å². The van der Waals surface area contributed by atoms with Crippen molar-refractivity contribution in [1.29, 1.82) is 0 Å². The van der Waals surface area contributed by atoms with Gasteiger partial charge in [0.05, 0.1) is 6.61 Å². The maximum Gasteiger partial charge on any atom is 0.0633 e. The highest BCUT2D eigenvalue weighted by molar-refractivity contribution is 5.48. The highest BCUT2D eigenvalue weighted by Crippen LogP contribution is 2.15. The Hall–Kier alpha value is -1.06. The molecule has 0 saturated carbocycles. The molecular weight excluding hydrogens is 212 g/mol. The van der Waals surface area contributed by atoms with Crippen LogP contribution < -0.4 is 10.2 Å². The molecule has 0 aromatic heterocycles. The van der Waals surface area contributed by atoms with Gasteiger partial charge in [0, 0.05) is 31.9 Å². The van der Waals surface area contributed by atoms with Crippen molar-refractivity contribution in [2.75, 3.05) is 38.8 Å². The summed E-state index contributed by atoms with van der Waals surface area (Å²) in [6, 6.07) is 8.99. The van der Waals surface area contributed by atoms with Gasteiger partial charge in [0.1, 0.15) is 0 Å². The Labute approximate surface area is 105 Å². The number of anilines is 1. The number of aryl methyl sites for hydroxylation is 1. The standard InChI is InChI=1S/C14H24N2O/c1-5-16(10-13(15-3)11-17-4)14-8-6-7-12(2)9-14/h6-9,13,15H,5,10-11H2,1-4H3. The number of rotatable bonds is 7. The van der Waals surface area contributed by atoms with Gasteiger partial charge in [-0.3, -0.25) is 0 Å². The number of nitrogens with zero attached hydrogens (tertiary/aromatic N) is 1. The van der Waals surface area contributed by atoms with Crippen molar-refractivity contribution in [2.45, 2.75) is 19.9 Å². The fraction of sp³-hybridized carbons (Fsp3) is 0.571. The lowest BCUT2D eigenvalue weighted by atomic mass is 10.2. The molecule has 17 heavy (non-hydrogen) atoms. The molecule has 96 valence electrons. The van der Waals surface area contributed by atoms with Crippen LogP contribution in [0.15, 0.2) is 24.3 Å². The minimum absolute atomic E-state index is 0.362. The molecule has 0 amide bonds. The summed E-state index contributed by atoms with van der Waals surface area (Å²) in [5.74, 6) is 0. The number of hydrogen-bond donors (Lipinski definition) is 1. The third-order valence-electron chi connectivity index (χ3n) is 2.97. The van der Waals surface area contributed by atoms with Crippen LogP contribution in [0.4, 0.5) is 5.69 Å². The minimum atomic E-state index is 0.362. The largest absolute Gasteiger partial charge is 0.383 e. The Morgan fingerprint density at radius 2 is 2.18 bits per heavy atom. The Morgan fingerprint density at radius 1 is 1.41 bits per heavy atom. The highest BCUT2D eigenvalue weighted by atomic mass is 16.5. The average molecular weight is 236 g/mol. The van der Waals surface area contributed by atoms with E-state index in [1.54, 1.807) is 7.11 Å². The number of likely N-dealkylation sites (N-methyl/N-ethyl adjacent to an activating group) is 2. The van der Waals surface area contributed by atoms with Gasteiger partial charge in [-0.15, -0.1) is 0 Å². The van der Waals surface area contributed by atoms with Crippen molar-refractivity contribution in [1.82, 2.24) is 5.32 Å². The van der Waals surface area contributed by atoms with Crippen LogP contribution in [-0.2, 0) is 4.74 Å². The molecular formula is C14H24N2O. The molecule has 0 radical (unpaired) electrons. The van der Waals surface area contributed by atoms with E-state index in [1.807, 2.05) is 7.05 Å². The summed E-state index contributed by atoms with van der Waals surface area (Å²) in [7, 11) is 3.72. The Kier molecular flexibility index (Phi) is 6.01. The van der Waals surface area contributed by atoms with E-state index in [2.05, 4.69) is 48.3 Å². The number of nitrogens with one attached hydrogen (secondary N) is 1. The molecule has 0 fully saturated rings. The molecule has 0 saturated heterocycles. The summed E-state index contributed by atoms with van der Waals surface area (Å²) >= 11 is 0. The van der Waals surface area contributed by atoms with Crippen LogP contribution in [0, 0.1) is 6.92 Å². The topological polar surface area (TPSA) is 24.5 Å². The summed E-state index contributed by atoms with van der Waals surface area (Å²) in [5, 5.41) is 3.29. The molecule has 0 heterocycles. The van der Waals surface area contributed by atoms with E-state index in [-0.39, 0.29) is 0 Å². The van der Waals surface area contributed by atoms with Gasteiger partial charge in [0.25, 0.3) is 0 Å². The fourth-order valence-corrected chi connectivity index (χ4v) is 1.94. The zero-order valence-electron chi connectivity index (χ0n) is 11.4. The second-order valence-corrected chi connectivity index (χ2v) is 4.32. The van der Waals surface area contributed by atoms with Crippen molar-refractivity contribution >= 4 is 5.69 Å². The summed E-state index contributed by atoms with van der Waals surface area (Å²) in [6.07, 6.45) is 0. The molecule has 0 aliphatic rings. The highest BCUT2D eigenvalue weighted by Gasteiger charge is 2.11. The molecule has 1 unspecified atom stereocenters. The maximum atomic E-state index is 5.21. The van der Waals surface area contributed by atoms with Crippen LogP contribution >= 0.6 is 0 Å². The quantitative estimate of drug-likeness (QED) is 0.784. The molecule has 0 bridgehead atoms. The predicted molar refractivity (Wildman–Crippen MR) is 73.8 cm³/mol. The predicted octanol–water partition coefficient (Wildman–Crippen LogP) is 2.06. The second kappa shape index (κ2) is 7.30. The van der Waals surface area contributed by atoms with Gasteiger partial charge in [-0.2, -0.15) is 0 Å². The average Bonchev–Trinajstić information content (AvgIpc) is 2.34. The molecule has 3 nitrogen and oxygen atoms in total. The molecule has 1 N–H and O–H groups in total. The lowest BCUT2D eigenvalue weighted by Gasteiger charge is -2.28. The first-order chi connectivity index (χ1) is 8.21. The molecule has 1 rings (SSSR count). The van der Waals surface area contributed by atoms with Crippen molar-refractivity contribution in [3.8, 4) is 0 Å². The van der Waals surface area contributed by atoms with Crippen LogP contribution in [0.5, 0.6) is 0 Å². The first-order valence-electron chi connectivity index (χ1n) is 6.19. The Morgan fingerprint density at radius 3 is 2.71 bits per heavy atom. The van der Waals surface area contributed by atoms with Crippen molar-refractivity contribution in [2.24, 2.45) is 0 Å². The maximum absolute atomic E-state index is 5.21. The van der Waals surface area contributed by atoms with Crippen LogP contribution in [0.3, 0.4) is 0 Å². The van der Waals surface area contributed by atoms with E-state index in [0.29, 0.717) is 6.04 Å². The lowest BCUT2D eigenvalue weighted by Crippen LogP contribution is -2.42. The summed E-state index contributed by atoms with van der Waals surface area (Å²) in [5.41, 5.74) is 2.58. The van der Waals surface area contributed by atoms with Crippen molar-refractivity contribution < 1.29 is 4.74 Å². The van der Waals surface area contributed by atoms with E-state index >= 15 is 0 Å². The summed E-state index contributed by atoms with van der Waals surface area (Å²) in [6.45, 7) is 7.01. The van der Waals surface area contributed by atoms with Gasteiger partial charge in [-0.1, -0.05) is 12.1 Å². The first kappa shape index (κ1) is 14.0. The molecule has 0 aliphatic heterocycles. The van der Waals surface area contributed by atoms with Crippen LogP contribution in [0.25, 0.3) is 0 Å². The third-order valence-corrected chi connectivity index (χ3v) is 2.97. The molecule has 1 aromatic carbocycles. The monoisotopic (exact) mass is 236 g/mol. The minimum Gasteiger partial charge on any atom is -0.383 e. The third kappa shape index (κ3) is 4.36.